The quantitative estimate of drug-likeness (QED) is 0.734. The Labute approximate surface area is 145 Å². The van der Waals surface area contributed by atoms with Crippen LogP contribution in [0.3, 0.4) is 0 Å². The SMILES string of the molecule is Cc1ccccc1CS(=O)(=O)NCc1nc(-c2ccccn2)cs1. The number of hydrogen-bond donors (Lipinski definition) is 1. The van der Waals surface area contributed by atoms with E-state index in [2.05, 4.69) is 14.7 Å². The number of aromatic nitrogens is 2. The molecule has 0 fully saturated rings. The molecule has 0 aliphatic rings. The van der Waals surface area contributed by atoms with Crippen LogP contribution in [0.4, 0.5) is 0 Å². The highest BCUT2D eigenvalue weighted by Gasteiger charge is 2.14. The summed E-state index contributed by atoms with van der Waals surface area (Å²) < 4.78 is 27.1. The van der Waals surface area contributed by atoms with E-state index >= 15 is 0 Å². The first-order valence-corrected chi connectivity index (χ1v) is 9.94. The highest BCUT2D eigenvalue weighted by atomic mass is 32.2. The third kappa shape index (κ3) is 4.25. The van der Waals surface area contributed by atoms with Crippen LogP contribution < -0.4 is 4.72 Å². The van der Waals surface area contributed by atoms with Gasteiger partial charge in [0.05, 0.1) is 23.7 Å². The standard InChI is InChI=1S/C17H17N3O2S2/c1-13-6-2-3-7-14(13)12-24(21,22)19-10-17-20-16(11-23-17)15-8-4-5-9-18-15/h2-9,11,19H,10,12H2,1H3. The van der Waals surface area contributed by atoms with Crippen molar-refractivity contribution in [1.29, 1.82) is 0 Å². The van der Waals surface area contributed by atoms with Crippen LogP contribution in [0.1, 0.15) is 16.1 Å². The van der Waals surface area contributed by atoms with Crippen molar-refractivity contribution in [1.82, 2.24) is 14.7 Å². The Morgan fingerprint density at radius 2 is 1.88 bits per heavy atom. The van der Waals surface area contributed by atoms with Crippen molar-refractivity contribution in [3.05, 3.63) is 70.2 Å². The average molecular weight is 359 g/mol. The van der Waals surface area contributed by atoms with E-state index in [1.165, 1.54) is 11.3 Å². The van der Waals surface area contributed by atoms with Crippen molar-refractivity contribution in [2.75, 3.05) is 0 Å². The van der Waals surface area contributed by atoms with Crippen molar-refractivity contribution in [3.63, 3.8) is 0 Å². The number of rotatable bonds is 6. The maximum absolute atomic E-state index is 12.3. The van der Waals surface area contributed by atoms with Gasteiger partial charge in [-0.2, -0.15) is 0 Å². The van der Waals surface area contributed by atoms with E-state index in [0.717, 1.165) is 22.5 Å². The van der Waals surface area contributed by atoms with Crippen molar-refractivity contribution >= 4 is 21.4 Å². The summed E-state index contributed by atoms with van der Waals surface area (Å²) in [4.78, 5) is 8.68. The predicted molar refractivity (Wildman–Crippen MR) is 96.0 cm³/mol. The maximum Gasteiger partial charge on any atom is 0.216 e. The zero-order chi connectivity index (χ0) is 17.0. The van der Waals surface area contributed by atoms with Crippen LogP contribution in [0.2, 0.25) is 0 Å². The van der Waals surface area contributed by atoms with E-state index in [-0.39, 0.29) is 12.3 Å². The lowest BCUT2D eigenvalue weighted by Crippen LogP contribution is -2.24. The number of thiazole rings is 1. The van der Waals surface area contributed by atoms with Gasteiger partial charge in [0.2, 0.25) is 10.0 Å². The Hall–Kier alpha value is -2.09. The minimum atomic E-state index is -3.41. The molecule has 124 valence electrons. The van der Waals surface area contributed by atoms with Crippen LogP contribution in [-0.2, 0) is 22.3 Å². The van der Waals surface area contributed by atoms with E-state index in [9.17, 15) is 8.42 Å². The molecule has 1 aromatic carbocycles. The summed E-state index contributed by atoms with van der Waals surface area (Å²) >= 11 is 1.42. The first-order chi connectivity index (χ1) is 11.5. The summed E-state index contributed by atoms with van der Waals surface area (Å²) in [5.41, 5.74) is 3.31. The molecular weight excluding hydrogens is 342 g/mol. The fraction of sp³-hybridized carbons (Fsp3) is 0.176. The minimum absolute atomic E-state index is 0.0296. The van der Waals surface area contributed by atoms with Crippen LogP contribution in [0.5, 0.6) is 0 Å². The molecule has 0 amide bonds. The van der Waals surface area contributed by atoms with Gasteiger partial charge >= 0.3 is 0 Å². The molecule has 0 bridgehead atoms. The molecule has 1 N–H and O–H groups in total. The van der Waals surface area contributed by atoms with Gasteiger partial charge in [-0.1, -0.05) is 30.3 Å². The zero-order valence-electron chi connectivity index (χ0n) is 13.1. The fourth-order valence-electron chi connectivity index (χ4n) is 2.22. The third-order valence-corrected chi connectivity index (χ3v) is 5.65. The van der Waals surface area contributed by atoms with E-state index in [1.54, 1.807) is 6.20 Å². The summed E-state index contributed by atoms with van der Waals surface area (Å²) in [7, 11) is -3.41. The number of benzene rings is 1. The molecule has 0 aliphatic heterocycles. The highest BCUT2D eigenvalue weighted by Crippen LogP contribution is 2.20. The molecule has 0 saturated carbocycles. The van der Waals surface area contributed by atoms with E-state index < -0.39 is 10.0 Å². The zero-order valence-corrected chi connectivity index (χ0v) is 14.8. The molecule has 24 heavy (non-hydrogen) atoms. The topological polar surface area (TPSA) is 72.0 Å². The van der Waals surface area contributed by atoms with Gasteiger partial charge in [-0.05, 0) is 30.2 Å². The van der Waals surface area contributed by atoms with Crippen LogP contribution >= 0.6 is 11.3 Å². The first-order valence-electron chi connectivity index (χ1n) is 7.41. The molecule has 5 nitrogen and oxygen atoms in total. The Morgan fingerprint density at radius 1 is 1.08 bits per heavy atom. The lowest BCUT2D eigenvalue weighted by atomic mass is 10.1. The first kappa shape index (κ1) is 16.8. The Balaban J connectivity index is 1.65. The van der Waals surface area contributed by atoms with E-state index in [4.69, 9.17) is 0 Å². The maximum atomic E-state index is 12.3. The number of nitrogens with one attached hydrogen (secondary N) is 1. The second-order valence-corrected chi connectivity index (χ2v) is 8.10. The van der Waals surface area contributed by atoms with Crippen LogP contribution in [0.25, 0.3) is 11.4 Å². The average Bonchev–Trinajstić information content (AvgIpc) is 3.05. The van der Waals surface area contributed by atoms with Crippen molar-refractivity contribution in [2.45, 2.75) is 19.2 Å². The van der Waals surface area contributed by atoms with Crippen molar-refractivity contribution in [2.24, 2.45) is 0 Å². The second-order valence-electron chi connectivity index (χ2n) is 5.35. The minimum Gasteiger partial charge on any atom is -0.255 e. The number of aryl methyl sites for hydroxylation is 1. The summed E-state index contributed by atoms with van der Waals surface area (Å²) in [5.74, 6) is -0.0296. The normalized spacial score (nSPS) is 11.5. The van der Waals surface area contributed by atoms with Gasteiger partial charge in [0.25, 0.3) is 0 Å². The second kappa shape index (κ2) is 7.21. The molecule has 3 rings (SSSR count). The molecule has 3 aromatic rings. The highest BCUT2D eigenvalue weighted by molar-refractivity contribution is 7.88. The van der Waals surface area contributed by atoms with E-state index in [1.807, 2.05) is 54.8 Å². The van der Waals surface area contributed by atoms with Gasteiger partial charge < -0.3 is 0 Å². The molecule has 0 atom stereocenters. The van der Waals surface area contributed by atoms with Crippen LogP contribution in [0.15, 0.2) is 54.0 Å². The predicted octanol–water partition coefficient (Wildman–Crippen LogP) is 3.13. The lowest BCUT2D eigenvalue weighted by Gasteiger charge is -2.07. The molecule has 7 heteroatoms. The Kier molecular flexibility index (Phi) is 5.03. The van der Waals surface area contributed by atoms with Gasteiger partial charge in [-0.25, -0.2) is 18.1 Å². The van der Waals surface area contributed by atoms with Crippen molar-refractivity contribution < 1.29 is 8.42 Å². The lowest BCUT2D eigenvalue weighted by molar-refractivity contribution is 0.580. The molecular formula is C17H17N3O2S2. The summed E-state index contributed by atoms with van der Waals surface area (Å²) in [5, 5.41) is 2.59. The number of hydrogen-bond acceptors (Lipinski definition) is 5. The van der Waals surface area contributed by atoms with Crippen LogP contribution in [0, 0.1) is 6.92 Å². The Morgan fingerprint density at radius 3 is 2.62 bits per heavy atom. The molecule has 0 spiro atoms. The molecule has 0 aliphatic carbocycles. The molecule has 0 saturated heterocycles. The number of nitrogens with zero attached hydrogens (tertiary/aromatic N) is 2. The largest absolute Gasteiger partial charge is 0.255 e. The molecule has 2 aromatic heterocycles. The fourth-order valence-corrected chi connectivity index (χ4v) is 4.23. The Bertz CT molecular complexity index is 922. The molecule has 2 heterocycles. The van der Waals surface area contributed by atoms with Gasteiger partial charge in [0, 0.05) is 11.6 Å². The van der Waals surface area contributed by atoms with E-state index in [0.29, 0.717) is 5.01 Å². The molecule has 0 unspecified atom stereocenters. The smallest absolute Gasteiger partial charge is 0.216 e. The monoisotopic (exact) mass is 359 g/mol. The summed E-state index contributed by atoms with van der Waals surface area (Å²) in [6.07, 6.45) is 1.71. The van der Waals surface area contributed by atoms with Gasteiger partial charge in [-0.15, -0.1) is 11.3 Å². The van der Waals surface area contributed by atoms with Crippen LogP contribution in [-0.4, -0.2) is 18.4 Å². The van der Waals surface area contributed by atoms with Crippen molar-refractivity contribution in [3.8, 4) is 11.4 Å². The van der Waals surface area contributed by atoms with Gasteiger partial charge in [0.1, 0.15) is 5.01 Å². The third-order valence-electron chi connectivity index (χ3n) is 3.53. The number of pyridine rings is 1. The number of sulfonamides is 1. The van der Waals surface area contributed by atoms with Gasteiger partial charge in [-0.3, -0.25) is 4.98 Å². The molecule has 0 radical (unpaired) electrons. The summed E-state index contributed by atoms with van der Waals surface area (Å²) in [6.45, 7) is 2.09. The summed E-state index contributed by atoms with van der Waals surface area (Å²) in [6, 6.07) is 13.1. The van der Waals surface area contributed by atoms with Gasteiger partial charge in [0.15, 0.2) is 0 Å².